The van der Waals surface area contributed by atoms with Gasteiger partial charge in [-0.05, 0) is 30.7 Å². The van der Waals surface area contributed by atoms with E-state index in [0.717, 1.165) is 0 Å². The van der Waals surface area contributed by atoms with E-state index in [-0.39, 0.29) is 24.0 Å². The molecule has 0 aliphatic rings. The largest absolute Gasteiger partial charge is 0.396 e. The van der Waals surface area contributed by atoms with Crippen molar-refractivity contribution in [3.8, 4) is 0 Å². The van der Waals surface area contributed by atoms with Crippen molar-refractivity contribution >= 4 is 15.9 Å². The van der Waals surface area contributed by atoms with Crippen molar-refractivity contribution in [3.05, 3.63) is 29.8 Å². The van der Waals surface area contributed by atoms with E-state index in [2.05, 4.69) is 10.0 Å². The van der Waals surface area contributed by atoms with E-state index in [4.69, 9.17) is 5.11 Å². The number of aliphatic hydroxyl groups excluding tert-OH is 1. The van der Waals surface area contributed by atoms with Gasteiger partial charge in [0.15, 0.2) is 0 Å². The third kappa shape index (κ3) is 3.80. The minimum absolute atomic E-state index is 0.0713. The lowest BCUT2D eigenvalue weighted by Crippen LogP contribution is -2.25. The van der Waals surface area contributed by atoms with Crippen LogP contribution in [0.25, 0.3) is 0 Å². The number of carbonyl (C=O) groups is 1. The van der Waals surface area contributed by atoms with Crippen LogP contribution in [-0.2, 0) is 10.0 Å². The van der Waals surface area contributed by atoms with Gasteiger partial charge in [-0.3, -0.25) is 4.79 Å². The second-order valence-electron chi connectivity index (χ2n) is 3.58. The number of hydrogen-bond donors (Lipinski definition) is 3. The molecule has 0 aromatic heterocycles. The van der Waals surface area contributed by atoms with Crippen LogP contribution in [0.4, 0.5) is 0 Å². The van der Waals surface area contributed by atoms with Gasteiger partial charge in [0.1, 0.15) is 0 Å². The normalized spacial score (nSPS) is 11.2. The lowest BCUT2D eigenvalue weighted by molar-refractivity contribution is 0.0963. The zero-order chi connectivity index (χ0) is 13.6. The van der Waals surface area contributed by atoms with E-state index < -0.39 is 10.0 Å². The molecular formula is C11H16N2O4S. The van der Waals surface area contributed by atoms with Crippen molar-refractivity contribution in [2.45, 2.75) is 11.3 Å². The van der Waals surface area contributed by atoms with Gasteiger partial charge in [-0.15, -0.1) is 0 Å². The van der Waals surface area contributed by atoms with Gasteiger partial charge in [0.25, 0.3) is 5.91 Å². The van der Waals surface area contributed by atoms with Gasteiger partial charge < -0.3 is 10.4 Å². The Morgan fingerprint density at radius 1 is 1.28 bits per heavy atom. The van der Waals surface area contributed by atoms with Gasteiger partial charge >= 0.3 is 0 Å². The van der Waals surface area contributed by atoms with E-state index in [9.17, 15) is 13.2 Å². The number of rotatable bonds is 6. The Bertz CT molecular complexity index is 496. The van der Waals surface area contributed by atoms with Crippen molar-refractivity contribution in [2.24, 2.45) is 0 Å². The second-order valence-corrected chi connectivity index (χ2v) is 5.35. The van der Waals surface area contributed by atoms with E-state index >= 15 is 0 Å². The molecule has 100 valence electrons. The monoisotopic (exact) mass is 272 g/mol. The number of hydrogen-bond acceptors (Lipinski definition) is 4. The molecule has 0 saturated carbocycles. The summed E-state index contributed by atoms with van der Waals surface area (Å²) in [6.45, 7) is 0.105. The third-order valence-electron chi connectivity index (χ3n) is 2.28. The van der Waals surface area contributed by atoms with Crippen LogP contribution in [0.5, 0.6) is 0 Å². The molecule has 7 heteroatoms. The molecule has 0 aliphatic carbocycles. The van der Waals surface area contributed by atoms with E-state index in [0.29, 0.717) is 12.0 Å². The summed E-state index contributed by atoms with van der Waals surface area (Å²) >= 11 is 0. The Kier molecular flexibility index (Phi) is 5.26. The van der Waals surface area contributed by atoms with Gasteiger partial charge in [-0.2, -0.15) is 0 Å². The predicted octanol–water partition coefficient (Wildman–Crippen LogP) is -0.293. The molecule has 6 nitrogen and oxygen atoms in total. The minimum atomic E-state index is -3.57. The number of amides is 1. The SMILES string of the molecule is CNC(=O)c1ccc(S(=O)(=O)NCCCO)cc1. The average Bonchev–Trinajstić information content (AvgIpc) is 2.38. The number of benzene rings is 1. The standard InChI is InChI=1S/C11H16N2O4S/c1-12-11(15)9-3-5-10(6-4-9)18(16,17)13-7-2-8-14/h3-6,13-14H,2,7-8H2,1H3,(H,12,15). The lowest BCUT2D eigenvalue weighted by atomic mass is 10.2. The predicted molar refractivity (Wildman–Crippen MR) is 66.7 cm³/mol. The van der Waals surface area contributed by atoms with Crippen LogP contribution in [0.2, 0.25) is 0 Å². The summed E-state index contributed by atoms with van der Waals surface area (Å²) in [5, 5.41) is 11.0. The molecule has 18 heavy (non-hydrogen) atoms. The molecule has 1 aromatic rings. The van der Waals surface area contributed by atoms with Crippen molar-refractivity contribution in [2.75, 3.05) is 20.2 Å². The maximum atomic E-state index is 11.8. The van der Waals surface area contributed by atoms with Crippen molar-refractivity contribution in [3.63, 3.8) is 0 Å². The molecule has 0 heterocycles. The van der Waals surface area contributed by atoms with Crippen LogP contribution in [0.1, 0.15) is 16.8 Å². The summed E-state index contributed by atoms with van der Waals surface area (Å²) in [6, 6.07) is 5.62. The van der Waals surface area contributed by atoms with E-state index in [1.165, 1.54) is 31.3 Å². The van der Waals surface area contributed by atoms with Gasteiger partial charge in [0.2, 0.25) is 10.0 Å². The fourth-order valence-electron chi connectivity index (χ4n) is 1.30. The van der Waals surface area contributed by atoms with Crippen LogP contribution in [0.3, 0.4) is 0 Å². The smallest absolute Gasteiger partial charge is 0.251 e. The lowest BCUT2D eigenvalue weighted by Gasteiger charge is -2.06. The molecule has 0 aliphatic heterocycles. The summed E-state index contributed by atoms with van der Waals surface area (Å²) in [6.07, 6.45) is 0.357. The molecule has 0 fully saturated rings. The summed E-state index contributed by atoms with van der Waals surface area (Å²) in [7, 11) is -2.07. The van der Waals surface area contributed by atoms with Crippen LogP contribution in [-0.4, -0.2) is 39.6 Å². The van der Waals surface area contributed by atoms with Gasteiger partial charge in [0.05, 0.1) is 4.90 Å². The highest BCUT2D eigenvalue weighted by molar-refractivity contribution is 7.89. The summed E-state index contributed by atoms with van der Waals surface area (Å²) < 4.78 is 25.9. The number of nitrogens with one attached hydrogen (secondary N) is 2. The van der Waals surface area contributed by atoms with Crippen LogP contribution in [0.15, 0.2) is 29.2 Å². The molecule has 0 saturated heterocycles. The summed E-state index contributed by atoms with van der Waals surface area (Å²) in [4.78, 5) is 11.4. The van der Waals surface area contributed by atoms with E-state index in [1.54, 1.807) is 0 Å². The minimum Gasteiger partial charge on any atom is -0.396 e. The maximum absolute atomic E-state index is 11.8. The van der Waals surface area contributed by atoms with Gasteiger partial charge in [-0.1, -0.05) is 0 Å². The molecule has 1 amide bonds. The fourth-order valence-corrected chi connectivity index (χ4v) is 2.37. The first-order valence-corrected chi connectivity index (χ1v) is 6.92. The summed E-state index contributed by atoms with van der Waals surface area (Å²) in [5.41, 5.74) is 0.395. The van der Waals surface area contributed by atoms with Crippen molar-refractivity contribution in [1.29, 1.82) is 0 Å². The highest BCUT2D eigenvalue weighted by Gasteiger charge is 2.13. The van der Waals surface area contributed by atoms with Crippen molar-refractivity contribution < 1.29 is 18.3 Å². The first-order valence-electron chi connectivity index (χ1n) is 5.44. The number of carbonyl (C=O) groups excluding carboxylic acids is 1. The molecule has 0 unspecified atom stereocenters. The number of sulfonamides is 1. The molecule has 0 bridgehead atoms. The maximum Gasteiger partial charge on any atom is 0.251 e. The van der Waals surface area contributed by atoms with Crippen LogP contribution >= 0.6 is 0 Å². The Morgan fingerprint density at radius 3 is 2.39 bits per heavy atom. The Hall–Kier alpha value is -1.44. The van der Waals surface area contributed by atoms with Crippen LogP contribution < -0.4 is 10.0 Å². The molecule has 1 rings (SSSR count). The molecular weight excluding hydrogens is 256 g/mol. The fraction of sp³-hybridized carbons (Fsp3) is 0.364. The first kappa shape index (κ1) is 14.6. The quantitative estimate of drug-likeness (QED) is 0.620. The first-order chi connectivity index (χ1) is 8.51. The van der Waals surface area contributed by atoms with Crippen LogP contribution in [0, 0.1) is 0 Å². The topological polar surface area (TPSA) is 95.5 Å². The molecule has 1 aromatic carbocycles. The Balaban J connectivity index is 2.81. The zero-order valence-electron chi connectivity index (χ0n) is 10.0. The molecule has 3 N–H and O–H groups in total. The Labute approximate surface area is 106 Å². The average molecular weight is 272 g/mol. The molecule has 0 spiro atoms. The van der Waals surface area contributed by atoms with Gasteiger partial charge in [-0.25, -0.2) is 13.1 Å². The highest BCUT2D eigenvalue weighted by atomic mass is 32.2. The third-order valence-corrected chi connectivity index (χ3v) is 3.76. The number of aliphatic hydroxyl groups is 1. The second kappa shape index (κ2) is 6.48. The van der Waals surface area contributed by atoms with Crippen molar-refractivity contribution in [1.82, 2.24) is 10.0 Å². The molecule has 0 radical (unpaired) electrons. The summed E-state index contributed by atoms with van der Waals surface area (Å²) in [5.74, 6) is -0.271. The highest BCUT2D eigenvalue weighted by Crippen LogP contribution is 2.10. The van der Waals surface area contributed by atoms with Gasteiger partial charge in [0, 0.05) is 25.8 Å². The zero-order valence-corrected chi connectivity index (χ0v) is 10.8. The molecule has 0 atom stereocenters. The van der Waals surface area contributed by atoms with E-state index in [1.807, 2.05) is 0 Å². The Morgan fingerprint density at radius 2 is 1.89 bits per heavy atom.